The summed E-state index contributed by atoms with van der Waals surface area (Å²) < 4.78 is 5.61. The number of carbonyl (C=O) groups is 2. The predicted octanol–water partition coefficient (Wildman–Crippen LogP) is 6.98. The zero-order valence-electron chi connectivity index (χ0n) is 21.2. The van der Waals surface area contributed by atoms with E-state index >= 15 is 0 Å². The van der Waals surface area contributed by atoms with Crippen LogP contribution in [0.2, 0.25) is 5.02 Å². The van der Waals surface area contributed by atoms with Crippen molar-refractivity contribution in [2.75, 3.05) is 19.7 Å². The number of carbonyl (C=O) groups excluding carboxylic acids is 2. The van der Waals surface area contributed by atoms with Crippen molar-refractivity contribution in [3.8, 4) is 16.9 Å². The van der Waals surface area contributed by atoms with Crippen molar-refractivity contribution in [1.29, 1.82) is 0 Å². The molecule has 0 unspecified atom stereocenters. The summed E-state index contributed by atoms with van der Waals surface area (Å²) in [5.41, 5.74) is 4.92. The standard InChI is InChI=1S/C31H29ClN2O3S/c1-21-10-12-22(13-11-21)25-7-3-2-6-24(25)18-28(35)27-20-38-31(33-27)23-14-16-34(17-15-23)30(36)19-37-29-9-5-4-8-26(29)32/h2-13,20,23H,14-19H2,1H3. The lowest BCUT2D eigenvalue weighted by Gasteiger charge is -2.31. The molecule has 1 aliphatic heterocycles. The molecule has 5 rings (SSSR count). The van der Waals surface area contributed by atoms with Crippen LogP contribution in [0.15, 0.2) is 78.2 Å². The Hall–Kier alpha value is -3.48. The number of likely N-dealkylation sites (tertiary alicyclic amines) is 1. The molecule has 0 radical (unpaired) electrons. The van der Waals surface area contributed by atoms with Crippen molar-refractivity contribution in [2.45, 2.75) is 32.1 Å². The molecule has 0 N–H and O–H groups in total. The third kappa shape index (κ3) is 6.14. The number of rotatable bonds is 8. The van der Waals surface area contributed by atoms with Crippen molar-refractivity contribution >= 4 is 34.6 Å². The first kappa shape index (κ1) is 26.1. The predicted molar refractivity (Wildman–Crippen MR) is 152 cm³/mol. The van der Waals surface area contributed by atoms with E-state index in [1.54, 1.807) is 23.5 Å². The van der Waals surface area contributed by atoms with Gasteiger partial charge in [0.2, 0.25) is 0 Å². The third-order valence-electron chi connectivity index (χ3n) is 6.92. The van der Waals surface area contributed by atoms with Gasteiger partial charge in [-0.2, -0.15) is 0 Å². The Bertz CT molecular complexity index is 1430. The minimum Gasteiger partial charge on any atom is -0.482 e. The Balaban J connectivity index is 1.17. The van der Waals surface area contributed by atoms with E-state index in [1.165, 1.54) is 5.56 Å². The molecular formula is C31H29ClN2O3S. The highest BCUT2D eigenvalue weighted by Crippen LogP contribution is 2.32. The number of hydrogen-bond acceptors (Lipinski definition) is 5. The average Bonchev–Trinajstić information content (AvgIpc) is 3.44. The third-order valence-corrected chi connectivity index (χ3v) is 8.24. The molecule has 0 bridgehead atoms. The maximum absolute atomic E-state index is 13.2. The minimum absolute atomic E-state index is 0.0244. The number of halogens is 1. The average molecular weight is 545 g/mol. The maximum Gasteiger partial charge on any atom is 0.260 e. The molecule has 5 nitrogen and oxygen atoms in total. The Labute approximate surface area is 232 Å². The molecule has 1 fully saturated rings. The number of nitrogens with zero attached hydrogens (tertiary/aromatic N) is 2. The van der Waals surface area contributed by atoms with E-state index in [2.05, 4.69) is 37.3 Å². The summed E-state index contributed by atoms with van der Waals surface area (Å²) in [6.45, 7) is 3.32. The minimum atomic E-state index is -0.0504. The lowest BCUT2D eigenvalue weighted by atomic mass is 9.95. The molecule has 2 heterocycles. The van der Waals surface area contributed by atoms with Gasteiger partial charge in [-0.25, -0.2) is 4.98 Å². The molecular weight excluding hydrogens is 516 g/mol. The van der Waals surface area contributed by atoms with Gasteiger partial charge in [0, 0.05) is 30.8 Å². The number of thiazole rings is 1. The monoisotopic (exact) mass is 544 g/mol. The van der Waals surface area contributed by atoms with E-state index < -0.39 is 0 Å². The Morgan fingerprint density at radius 1 is 1.00 bits per heavy atom. The molecule has 4 aromatic rings. The summed E-state index contributed by atoms with van der Waals surface area (Å²) in [4.78, 5) is 32.4. The van der Waals surface area contributed by atoms with E-state index in [0.717, 1.165) is 34.5 Å². The molecule has 1 saturated heterocycles. The molecule has 38 heavy (non-hydrogen) atoms. The lowest BCUT2D eigenvalue weighted by molar-refractivity contribution is -0.134. The van der Waals surface area contributed by atoms with Gasteiger partial charge in [0.05, 0.1) is 10.0 Å². The number of ether oxygens (including phenoxy) is 1. The molecule has 0 saturated carbocycles. The fourth-order valence-corrected chi connectivity index (χ4v) is 5.91. The first-order valence-electron chi connectivity index (χ1n) is 12.8. The van der Waals surface area contributed by atoms with Crippen molar-refractivity contribution in [1.82, 2.24) is 9.88 Å². The number of hydrogen-bond donors (Lipinski definition) is 0. The quantitative estimate of drug-likeness (QED) is 0.224. The molecule has 7 heteroatoms. The number of aryl methyl sites for hydroxylation is 1. The number of ketones is 1. The van der Waals surface area contributed by atoms with E-state index in [0.29, 0.717) is 36.0 Å². The Morgan fingerprint density at radius 3 is 2.47 bits per heavy atom. The van der Waals surface area contributed by atoms with E-state index in [1.807, 2.05) is 40.6 Å². The lowest BCUT2D eigenvalue weighted by Crippen LogP contribution is -2.40. The van der Waals surface area contributed by atoms with Crippen molar-refractivity contribution in [3.05, 3.63) is 105 Å². The number of amides is 1. The van der Waals surface area contributed by atoms with Gasteiger partial charge in [0.25, 0.3) is 5.91 Å². The topological polar surface area (TPSA) is 59.5 Å². The summed E-state index contributed by atoms with van der Waals surface area (Å²) in [6, 6.07) is 23.6. The van der Waals surface area contributed by atoms with E-state index in [9.17, 15) is 9.59 Å². The van der Waals surface area contributed by atoms with Gasteiger partial charge < -0.3 is 9.64 Å². The van der Waals surface area contributed by atoms with E-state index in [-0.39, 0.29) is 24.2 Å². The molecule has 194 valence electrons. The Kier molecular flexibility index (Phi) is 8.20. The highest BCUT2D eigenvalue weighted by atomic mass is 35.5. The highest BCUT2D eigenvalue weighted by Gasteiger charge is 2.27. The first-order valence-corrected chi connectivity index (χ1v) is 14.0. The summed E-state index contributed by atoms with van der Waals surface area (Å²) >= 11 is 7.65. The smallest absolute Gasteiger partial charge is 0.260 e. The van der Waals surface area contributed by atoms with Crippen LogP contribution < -0.4 is 4.74 Å². The van der Waals surface area contributed by atoms with Crippen molar-refractivity contribution in [2.24, 2.45) is 0 Å². The van der Waals surface area contributed by atoms with Crippen molar-refractivity contribution in [3.63, 3.8) is 0 Å². The van der Waals surface area contributed by atoms with E-state index in [4.69, 9.17) is 21.3 Å². The molecule has 1 amide bonds. The summed E-state index contributed by atoms with van der Waals surface area (Å²) in [5.74, 6) is 0.732. The summed E-state index contributed by atoms with van der Waals surface area (Å²) in [7, 11) is 0. The van der Waals surface area contributed by atoms with Gasteiger partial charge in [0.15, 0.2) is 12.4 Å². The number of para-hydroxylation sites is 1. The SMILES string of the molecule is Cc1ccc(-c2ccccc2CC(=O)c2csc(C3CCN(C(=O)COc4ccccc4Cl)CC3)n2)cc1. The van der Waals surface area contributed by atoms with Gasteiger partial charge in [-0.05, 0) is 48.6 Å². The van der Waals surface area contributed by atoms with Gasteiger partial charge in [0.1, 0.15) is 11.4 Å². The summed E-state index contributed by atoms with van der Waals surface area (Å²) in [6.07, 6.45) is 1.94. The van der Waals surface area contributed by atoms with Crippen LogP contribution in [0.3, 0.4) is 0 Å². The zero-order valence-corrected chi connectivity index (χ0v) is 22.8. The van der Waals surface area contributed by atoms with Crippen LogP contribution in [0.25, 0.3) is 11.1 Å². The van der Waals surface area contributed by atoms with Crippen molar-refractivity contribution < 1.29 is 14.3 Å². The van der Waals surface area contributed by atoms with Crippen LogP contribution >= 0.6 is 22.9 Å². The van der Waals surface area contributed by atoms with Crippen LogP contribution in [0.5, 0.6) is 5.75 Å². The first-order chi connectivity index (χ1) is 18.5. The van der Waals surface area contributed by atoms with Crippen LogP contribution in [0.4, 0.5) is 0 Å². The molecule has 1 aromatic heterocycles. The molecule has 3 aromatic carbocycles. The van der Waals surface area contributed by atoms with Crippen LogP contribution in [-0.4, -0.2) is 41.3 Å². The normalized spacial score (nSPS) is 13.9. The van der Waals surface area contributed by atoms with Gasteiger partial charge in [-0.3, -0.25) is 9.59 Å². The largest absolute Gasteiger partial charge is 0.482 e. The number of benzene rings is 3. The van der Waals surface area contributed by atoms with Gasteiger partial charge in [-0.1, -0.05) is 77.8 Å². The molecule has 1 aliphatic rings. The summed E-state index contributed by atoms with van der Waals surface area (Å²) in [5, 5.41) is 3.34. The highest BCUT2D eigenvalue weighted by molar-refractivity contribution is 7.09. The maximum atomic E-state index is 13.2. The van der Waals surface area contributed by atoms with Gasteiger partial charge in [-0.15, -0.1) is 11.3 Å². The number of aromatic nitrogens is 1. The molecule has 0 aliphatic carbocycles. The Morgan fingerprint density at radius 2 is 1.71 bits per heavy atom. The second-order valence-corrected chi connectivity index (χ2v) is 10.9. The molecule has 0 atom stereocenters. The fraction of sp³-hybridized carbons (Fsp3) is 0.258. The van der Waals surface area contributed by atoms with Crippen LogP contribution in [-0.2, 0) is 11.2 Å². The second kappa shape index (κ2) is 11.9. The fourth-order valence-electron chi connectivity index (χ4n) is 4.72. The number of piperidine rings is 1. The molecule has 0 spiro atoms. The zero-order chi connectivity index (χ0) is 26.5. The second-order valence-electron chi connectivity index (χ2n) is 9.57. The number of Topliss-reactive ketones (excluding diaryl/α,β-unsaturated/α-hetero) is 1. The van der Waals surface area contributed by atoms with Crippen LogP contribution in [0, 0.1) is 6.92 Å². The van der Waals surface area contributed by atoms with Crippen LogP contribution in [0.1, 0.15) is 45.4 Å². The van der Waals surface area contributed by atoms with Gasteiger partial charge >= 0.3 is 0 Å².